The number of hydrogen-bond donors (Lipinski definition) is 3. The molecule has 13 heteroatoms. The van der Waals surface area contributed by atoms with Crippen LogP contribution in [0.1, 0.15) is 55.3 Å². The third kappa shape index (κ3) is 5.66. The van der Waals surface area contributed by atoms with Gasteiger partial charge in [-0.25, -0.2) is 4.98 Å². The number of amides is 2. The lowest BCUT2D eigenvalue weighted by atomic mass is 9.84. The van der Waals surface area contributed by atoms with Gasteiger partial charge in [-0.1, -0.05) is 49.7 Å². The van der Waals surface area contributed by atoms with E-state index in [0.29, 0.717) is 39.2 Å². The van der Waals surface area contributed by atoms with Gasteiger partial charge in [0.05, 0.1) is 39.9 Å². The monoisotopic (exact) mass is 584 g/mol. The van der Waals surface area contributed by atoms with Crippen LogP contribution in [0.2, 0.25) is 5.02 Å². The van der Waals surface area contributed by atoms with Crippen LogP contribution < -0.4 is 10.6 Å². The summed E-state index contributed by atoms with van der Waals surface area (Å²) in [5, 5.41) is 17.7. The zero-order valence-corrected chi connectivity index (χ0v) is 24.3. The minimum Gasteiger partial charge on any atom is -0.355 e. The fourth-order valence-electron chi connectivity index (χ4n) is 4.64. The molecule has 0 bridgehead atoms. The first-order valence-corrected chi connectivity index (χ1v) is 12.9. The van der Waals surface area contributed by atoms with Gasteiger partial charge >= 0.3 is 0 Å². The molecule has 0 fully saturated rings. The zero-order chi connectivity index (χ0) is 27.9. The molecule has 5 rings (SSSR count). The van der Waals surface area contributed by atoms with Crippen LogP contribution in [0.4, 0.5) is 0 Å². The summed E-state index contributed by atoms with van der Waals surface area (Å²) in [5.41, 5.74) is 2.95. The number of nitrogens with zero attached hydrogens (tertiary/aromatic N) is 5. The molecule has 0 spiro atoms. The Bertz CT molecular complexity index is 1700. The molecule has 2 amide bonds. The molecule has 3 aromatic heterocycles. The maximum absolute atomic E-state index is 13.2. The predicted molar refractivity (Wildman–Crippen MR) is 154 cm³/mol. The van der Waals surface area contributed by atoms with Gasteiger partial charge in [0, 0.05) is 30.5 Å². The summed E-state index contributed by atoms with van der Waals surface area (Å²) < 4.78 is 7.17. The van der Waals surface area contributed by atoms with E-state index in [1.165, 1.54) is 0 Å². The van der Waals surface area contributed by atoms with Crippen molar-refractivity contribution in [3.8, 4) is 11.4 Å². The highest BCUT2D eigenvalue weighted by atomic mass is 35.5. The molecule has 2 aromatic carbocycles. The van der Waals surface area contributed by atoms with Crippen LogP contribution >= 0.6 is 24.0 Å². The number of hydrogen-bond acceptors (Lipinski definition) is 7. The van der Waals surface area contributed by atoms with Crippen LogP contribution in [0.25, 0.3) is 33.3 Å². The fraction of sp³-hybridized carbons (Fsp3) is 0.333. The topological polar surface area (TPSA) is 144 Å². The van der Waals surface area contributed by atoms with Gasteiger partial charge in [0.25, 0.3) is 5.91 Å². The van der Waals surface area contributed by atoms with Crippen LogP contribution in [-0.4, -0.2) is 48.8 Å². The number of aryl methyl sites for hydroxylation is 1. The second-order valence-corrected chi connectivity index (χ2v) is 10.9. The van der Waals surface area contributed by atoms with Crippen molar-refractivity contribution in [3.63, 3.8) is 0 Å². The molecule has 0 radical (unpaired) electrons. The lowest BCUT2D eigenvalue weighted by Crippen LogP contribution is -2.32. The molecule has 11 nitrogen and oxygen atoms in total. The number of aromatic nitrogens is 6. The second-order valence-electron chi connectivity index (χ2n) is 10.5. The summed E-state index contributed by atoms with van der Waals surface area (Å²) in [6.45, 7) is 8.06. The largest absolute Gasteiger partial charge is 0.355 e. The Morgan fingerprint density at radius 3 is 2.62 bits per heavy atom. The number of imidazole rings is 1. The highest BCUT2D eigenvalue weighted by molar-refractivity contribution is 6.34. The van der Waals surface area contributed by atoms with Crippen molar-refractivity contribution in [3.05, 3.63) is 58.8 Å². The number of rotatable bonds is 7. The van der Waals surface area contributed by atoms with Crippen molar-refractivity contribution < 1.29 is 14.1 Å². The first kappa shape index (κ1) is 29.0. The van der Waals surface area contributed by atoms with Gasteiger partial charge in [-0.15, -0.1) is 12.4 Å². The summed E-state index contributed by atoms with van der Waals surface area (Å²) in [6.07, 6.45) is 1.90. The molecule has 3 N–H and O–H groups in total. The van der Waals surface area contributed by atoms with Gasteiger partial charge in [-0.2, -0.15) is 10.1 Å². The maximum atomic E-state index is 13.2. The molecular weight excluding hydrogens is 555 g/mol. The Hall–Kier alpha value is -3.96. The van der Waals surface area contributed by atoms with E-state index in [0.717, 1.165) is 16.5 Å². The number of carbonyl (C=O) groups excluding carboxylic acids is 2. The van der Waals surface area contributed by atoms with Gasteiger partial charge in [0.15, 0.2) is 5.82 Å². The number of halogens is 2. The van der Waals surface area contributed by atoms with Crippen molar-refractivity contribution in [1.82, 2.24) is 40.5 Å². The quantitative estimate of drug-likeness (QED) is 0.244. The van der Waals surface area contributed by atoms with E-state index >= 15 is 0 Å². The Morgan fingerprint density at radius 1 is 1.18 bits per heavy atom. The number of fused-ring (bicyclic) bond motifs is 2. The molecule has 3 heterocycles. The van der Waals surface area contributed by atoms with E-state index in [1.807, 2.05) is 22.8 Å². The number of H-pyrrole nitrogens is 1. The molecule has 40 heavy (non-hydrogen) atoms. The van der Waals surface area contributed by atoms with Crippen molar-refractivity contribution in [1.29, 1.82) is 0 Å². The Balaban J connectivity index is 0.00000370. The molecular formula is C27H30Cl2N8O3. The van der Waals surface area contributed by atoms with Crippen LogP contribution in [-0.2, 0) is 11.3 Å². The third-order valence-corrected chi connectivity index (χ3v) is 6.96. The molecule has 1 atom stereocenters. The Kier molecular flexibility index (Phi) is 8.18. The van der Waals surface area contributed by atoms with Crippen molar-refractivity contribution in [2.75, 3.05) is 7.05 Å². The number of aromatic amines is 1. The van der Waals surface area contributed by atoms with Gasteiger partial charge in [0.2, 0.25) is 11.8 Å². The van der Waals surface area contributed by atoms with Crippen LogP contribution in [0.3, 0.4) is 0 Å². The molecule has 0 saturated heterocycles. The molecule has 0 aliphatic rings. The minimum absolute atomic E-state index is 0. The summed E-state index contributed by atoms with van der Waals surface area (Å²) in [7, 11) is 1.55. The first-order valence-electron chi connectivity index (χ1n) is 12.5. The van der Waals surface area contributed by atoms with Crippen LogP contribution in [0.5, 0.6) is 0 Å². The molecule has 210 valence electrons. The van der Waals surface area contributed by atoms with Crippen LogP contribution in [0.15, 0.2) is 41.1 Å². The first-order chi connectivity index (χ1) is 18.5. The highest BCUT2D eigenvalue weighted by Crippen LogP contribution is 2.41. The van der Waals surface area contributed by atoms with E-state index in [4.69, 9.17) is 21.1 Å². The average molecular weight is 585 g/mol. The molecule has 0 unspecified atom stereocenters. The molecule has 0 aliphatic carbocycles. The maximum Gasteiger partial charge on any atom is 0.252 e. The lowest BCUT2D eigenvalue weighted by molar-refractivity contribution is -0.122. The highest BCUT2D eigenvalue weighted by Gasteiger charge is 2.33. The molecule has 5 aromatic rings. The van der Waals surface area contributed by atoms with Crippen molar-refractivity contribution in [2.24, 2.45) is 5.41 Å². The second kappa shape index (κ2) is 11.3. The standard InChI is InChI=1S/C27H29ClN8O3.ClH/c1-14-32-24(39-35-14)13-30-23(37)11-22(27(2,3)4)36-21-10-18(28)17(26(38)29-5)9-20(21)33-25(36)15-6-7-16-12-31-34-19(16)8-15;/h6-10,12,22H,11,13H2,1-5H3,(H,29,38)(H,30,37)(H,31,34);1H/t22-;/m0./s1. The van der Waals surface area contributed by atoms with E-state index < -0.39 is 0 Å². The predicted octanol–water partition coefficient (Wildman–Crippen LogP) is 5.00. The lowest BCUT2D eigenvalue weighted by Gasteiger charge is -2.33. The summed E-state index contributed by atoms with van der Waals surface area (Å²) >= 11 is 6.59. The van der Waals surface area contributed by atoms with Gasteiger partial charge in [-0.05, 0) is 30.5 Å². The smallest absolute Gasteiger partial charge is 0.252 e. The number of nitrogens with one attached hydrogen (secondary N) is 3. The fourth-order valence-corrected chi connectivity index (χ4v) is 4.88. The summed E-state index contributed by atoms with van der Waals surface area (Å²) in [4.78, 5) is 34.8. The normalized spacial score (nSPS) is 12.3. The number of carbonyl (C=O) groups is 2. The summed E-state index contributed by atoms with van der Waals surface area (Å²) in [5.74, 6) is 0.995. The van der Waals surface area contributed by atoms with E-state index in [-0.39, 0.29) is 48.6 Å². The third-order valence-electron chi connectivity index (χ3n) is 6.65. The molecule has 0 aliphatic heterocycles. The van der Waals surface area contributed by atoms with Gasteiger partial charge in [-0.3, -0.25) is 14.7 Å². The zero-order valence-electron chi connectivity index (χ0n) is 22.7. The van der Waals surface area contributed by atoms with Crippen LogP contribution in [0, 0.1) is 12.3 Å². The van der Waals surface area contributed by atoms with E-state index in [1.54, 1.807) is 32.3 Å². The Morgan fingerprint density at radius 2 is 1.95 bits per heavy atom. The average Bonchev–Trinajstić information content (AvgIpc) is 3.62. The number of benzene rings is 2. The molecule has 0 saturated carbocycles. The van der Waals surface area contributed by atoms with E-state index in [2.05, 4.69) is 51.7 Å². The van der Waals surface area contributed by atoms with Gasteiger partial charge in [0.1, 0.15) is 5.82 Å². The van der Waals surface area contributed by atoms with Crippen molar-refractivity contribution >= 4 is 57.8 Å². The van der Waals surface area contributed by atoms with E-state index in [9.17, 15) is 9.59 Å². The minimum atomic E-state index is -0.370. The SMILES string of the molecule is CNC(=O)c1cc2nc(-c3ccc4cn[nH]c4c3)n([C@@H](CC(=O)NCc3nc(C)no3)C(C)(C)C)c2cc1Cl.Cl. The Labute approximate surface area is 241 Å². The summed E-state index contributed by atoms with van der Waals surface area (Å²) in [6, 6.07) is 8.99. The van der Waals surface area contributed by atoms with Gasteiger partial charge < -0.3 is 19.7 Å². The van der Waals surface area contributed by atoms with Crippen molar-refractivity contribution in [2.45, 2.75) is 46.7 Å².